The molecular weight excluding hydrogens is 436 g/mol. The van der Waals surface area contributed by atoms with E-state index in [4.69, 9.17) is 13.9 Å². The van der Waals surface area contributed by atoms with Crippen molar-refractivity contribution in [1.82, 2.24) is 15.2 Å². The van der Waals surface area contributed by atoms with Crippen LogP contribution in [-0.4, -0.2) is 32.3 Å². The summed E-state index contributed by atoms with van der Waals surface area (Å²) in [5, 5.41) is 28.7. The minimum Gasteiger partial charge on any atom is -0.510 e. The molecule has 0 spiro atoms. The van der Waals surface area contributed by atoms with Crippen LogP contribution in [-0.2, 0) is 0 Å². The average molecular weight is 451 g/mol. The first-order valence-electron chi connectivity index (χ1n) is 9.21. The normalized spacial score (nSPS) is 14.3. The summed E-state index contributed by atoms with van der Waals surface area (Å²) >= 11 is 2.52. The monoisotopic (exact) mass is 450 g/mol. The van der Waals surface area contributed by atoms with Gasteiger partial charge in [-0.05, 0) is 37.3 Å². The highest BCUT2D eigenvalue weighted by Crippen LogP contribution is 2.37. The van der Waals surface area contributed by atoms with E-state index >= 15 is 0 Å². The summed E-state index contributed by atoms with van der Waals surface area (Å²) in [6, 6.07) is 15.0. The minimum atomic E-state index is -0.494. The molecule has 1 unspecified atom stereocenters. The van der Waals surface area contributed by atoms with Crippen molar-refractivity contribution in [2.75, 3.05) is 6.79 Å². The van der Waals surface area contributed by atoms with Crippen LogP contribution < -0.4 is 9.47 Å². The molecule has 4 aromatic rings. The van der Waals surface area contributed by atoms with Crippen LogP contribution in [0, 0.1) is 11.3 Å². The molecule has 0 saturated heterocycles. The van der Waals surface area contributed by atoms with Gasteiger partial charge in [-0.2, -0.15) is 5.26 Å². The molecule has 2 aromatic carbocycles. The molecule has 3 heterocycles. The fourth-order valence-electron chi connectivity index (χ4n) is 3.01. The molecule has 5 rings (SSSR count). The Bertz CT molecular complexity index is 1320. The second-order valence-electron chi connectivity index (χ2n) is 6.56. The summed E-state index contributed by atoms with van der Waals surface area (Å²) in [6.45, 7) is 1.94. The van der Waals surface area contributed by atoms with Crippen LogP contribution in [0.3, 0.4) is 0 Å². The molecule has 0 fully saturated rings. The van der Waals surface area contributed by atoms with Crippen molar-refractivity contribution in [2.45, 2.75) is 17.4 Å². The van der Waals surface area contributed by atoms with Crippen LogP contribution >= 0.6 is 23.1 Å². The zero-order valence-electron chi connectivity index (χ0n) is 16.1. The molecule has 0 amide bonds. The molecule has 1 aliphatic rings. The number of aromatic nitrogens is 3. The van der Waals surface area contributed by atoms with Gasteiger partial charge in [-0.1, -0.05) is 23.9 Å². The largest absolute Gasteiger partial charge is 0.510 e. The van der Waals surface area contributed by atoms with E-state index in [0.29, 0.717) is 28.0 Å². The Labute approximate surface area is 184 Å². The van der Waals surface area contributed by atoms with E-state index in [1.165, 1.54) is 11.3 Å². The predicted octanol–water partition coefficient (Wildman–Crippen LogP) is 5.05. The topological polar surface area (TPSA) is 114 Å². The summed E-state index contributed by atoms with van der Waals surface area (Å²) in [4.78, 5) is 4.46. The van der Waals surface area contributed by atoms with Crippen LogP contribution in [0.4, 0.5) is 0 Å². The molecule has 1 N–H and O–H groups in total. The number of ether oxygens (including phenoxy) is 2. The summed E-state index contributed by atoms with van der Waals surface area (Å²) in [7, 11) is 0. The van der Waals surface area contributed by atoms with Crippen LogP contribution in [0.5, 0.6) is 11.5 Å². The highest BCUT2D eigenvalue weighted by Gasteiger charge is 2.22. The van der Waals surface area contributed by atoms with Crippen LogP contribution in [0.2, 0.25) is 0 Å². The summed E-state index contributed by atoms with van der Waals surface area (Å²) < 4.78 is 17.4. The average Bonchev–Trinajstić information content (AvgIpc) is 3.52. The van der Waals surface area contributed by atoms with E-state index < -0.39 is 5.25 Å². The van der Waals surface area contributed by atoms with Gasteiger partial charge in [-0.15, -0.1) is 21.5 Å². The molecule has 0 aliphatic carbocycles. The van der Waals surface area contributed by atoms with Gasteiger partial charge >= 0.3 is 0 Å². The third-order valence-electron chi connectivity index (χ3n) is 4.56. The van der Waals surface area contributed by atoms with Crippen molar-refractivity contribution in [3.63, 3.8) is 0 Å². The highest BCUT2D eigenvalue weighted by molar-refractivity contribution is 7.99. The van der Waals surface area contributed by atoms with E-state index in [0.717, 1.165) is 22.0 Å². The van der Waals surface area contributed by atoms with Gasteiger partial charge in [-0.3, -0.25) is 0 Å². The van der Waals surface area contributed by atoms with Gasteiger partial charge in [0, 0.05) is 5.56 Å². The molecule has 1 aliphatic heterocycles. The van der Waals surface area contributed by atoms with Gasteiger partial charge in [0.2, 0.25) is 12.7 Å². The molecular formula is C21H14N4O4S2. The number of aliphatic hydroxyl groups excluding tert-OH is 1. The van der Waals surface area contributed by atoms with E-state index in [-0.39, 0.29) is 23.3 Å². The van der Waals surface area contributed by atoms with Gasteiger partial charge in [0.1, 0.15) is 22.4 Å². The number of thioether (sulfide) groups is 1. The molecule has 31 heavy (non-hydrogen) atoms. The Balaban J connectivity index is 1.38. The number of nitriles is 1. The number of fused-ring (bicyclic) bond motifs is 2. The van der Waals surface area contributed by atoms with Gasteiger partial charge < -0.3 is 19.0 Å². The minimum absolute atomic E-state index is 0.0885. The molecule has 154 valence electrons. The van der Waals surface area contributed by atoms with E-state index in [1.54, 1.807) is 25.1 Å². The molecule has 2 aromatic heterocycles. The number of rotatable bonds is 5. The standard InChI is InChI=1S/C21H14N4O4S2/c1-11(18(26)13(9-22)20-23-14-4-2-3-5-17(14)31-20)30-21-25-24-19(29-21)12-6-7-15-16(8-12)28-10-27-15/h2-8,11,26H,10H2,1H3/b18-13-. The van der Waals surface area contributed by atoms with Gasteiger partial charge in [0.25, 0.3) is 5.22 Å². The maximum Gasteiger partial charge on any atom is 0.277 e. The first kappa shape index (κ1) is 19.4. The predicted molar refractivity (Wildman–Crippen MR) is 116 cm³/mol. The number of hydrogen-bond acceptors (Lipinski definition) is 10. The molecule has 1 atom stereocenters. The number of aliphatic hydroxyl groups is 1. The number of thiazole rings is 1. The lowest BCUT2D eigenvalue weighted by Gasteiger charge is -2.08. The van der Waals surface area contributed by atoms with Crippen LogP contribution in [0.15, 0.2) is 57.9 Å². The Morgan fingerprint density at radius 2 is 2.03 bits per heavy atom. The summed E-state index contributed by atoms with van der Waals surface area (Å²) in [6.07, 6.45) is 0. The summed E-state index contributed by atoms with van der Waals surface area (Å²) in [5.41, 5.74) is 1.62. The second kappa shape index (κ2) is 7.94. The number of allylic oxidation sites excluding steroid dienone is 1. The SMILES string of the molecule is CC(Sc1nnc(-c2ccc3c(c2)OCO3)o1)/C(O)=C(\C#N)c1nc2ccccc2s1. The zero-order chi connectivity index (χ0) is 21.4. The van der Waals surface area contributed by atoms with Crippen molar-refractivity contribution in [2.24, 2.45) is 0 Å². The number of benzene rings is 2. The smallest absolute Gasteiger partial charge is 0.277 e. The Hall–Kier alpha value is -3.55. The number of para-hydroxylation sites is 1. The molecule has 10 heteroatoms. The maximum atomic E-state index is 10.7. The molecule has 0 bridgehead atoms. The molecule has 8 nitrogen and oxygen atoms in total. The zero-order valence-corrected chi connectivity index (χ0v) is 17.7. The summed E-state index contributed by atoms with van der Waals surface area (Å²) in [5.74, 6) is 1.52. The van der Waals surface area contributed by atoms with Gasteiger partial charge in [-0.25, -0.2) is 4.98 Å². The Morgan fingerprint density at radius 1 is 1.19 bits per heavy atom. The van der Waals surface area contributed by atoms with Crippen molar-refractivity contribution < 1.29 is 19.0 Å². The fraction of sp³-hybridized carbons (Fsp3) is 0.143. The van der Waals surface area contributed by atoms with Crippen LogP contribution in [0.1, 0.15) is 11.9 Å². The maximum absolute atomic E-state index is 10.7. The van der Waals surface area contributed by atoms with Crippen molar-refractivity contribution in [3.05, 3.63) is 53.2 Å². The molecule has 0 saturated carbocycles. The van der Waals surface area contributed by atoms with E-state index in [9.17, 15) is 10.4 Å². The first-order chi connectivity index (χ1) is 15.1. The fourth-order valence-corrected chi connectivity index (χ4v) is 4.72. The lowest BCUT2D eigenvalue weighted by Crippen LogP contribution is -2.04. The molecule has 0 radical (unpaired) electrons. The van der Waals surface area contributed by atoms with E-state index in [2.05, 4.69) is 21.3 Å². The number of nitrogens with zero attached hydrogens (tertiary/aromatic N) is 4. The Kier molecular flexibility index (Phi) is 4.97. The van der Waals surface area contributed by atoms with Crippen LogP contribution in [0.25, 0.3) is 27.2 Å². The lowest BCUT2D eigenvalue weighted by molar-refractivity contribution is 0.174. The van der Waals surface area contributed by atoms with Gasteiger partial charge in [0.15, 0.2) is 11.5 Å². The third-order valence-corrected chi connectivity index (χ3v) is 6.56. The number of hydrogen-bond donors (Lipinski definition) is 1. The highest BCUT2D eigenvalue weighted by atomic mass is 32.2. The van der Waals surface area contributed by atoms with E-state index in [1.807, 2.05) is 24.3 Å². The Morgan fingerprint density at radius 3 is 2.87 bits per heavy atom. The second-order valence-corrected chi connectivity index (χ2v) is 8.88. The van der Waals surface area contributed by atoms with Crippen molar-refractivity contribution >= 4 is 38.9 Å². The van der Waals surface area contributed by atoms with Gasteiger partial charge in [0.05, 0.1) is 15.5 Å². The third kappa shape index (κ3) is 3.69. The van der Waals surface area contributed by atoms with Crippen molar-refractivity contribution in [1.29, 1.82) is 5.26 Å². The lowest BCUT2D eigenvalue weighted by atomic mass is 10.2. The quantitative estimate of drug-likeness (QED) is 0.253. The van der Waals surface area contributed by atoms with Crippen molar-refractivity contribution in [3.8, 4) is 29.0 Å². The first-order valence-corrected chi connectivity index (χ1v) is 10.9.